The molecule has 3 aromatic rings. The minimum Gasteiger partial charge on any atom is -0.374 e. The van der Waals surface area contributed by atoms with Crippen molar-refractivity contribution in [3.63, 3.8) is 0 Å². The van der Waals surface area contributed by atoms with Crippen molar-refractivity contribution in [3.05, 3.63) is 76.2 Å². The van der Waals surface area contributed by atoms with E-state index >= 15 is 0 Å². The van der Waals surface area contributed by atoms with E-state index in [1.165, 1.54) is 0 Å². The Morgan fingerprint density at radius 2 is 1.94 bits per heavy atom. The second-order valence-electron chi connectivity index (χ2n) is 8.67. The Morgan fingerprint density at radius 3 is 2.56 bits per heavy atom. The third-order valence-corrected chi connectivity index (χ3v) is 6.40. The third kappa shape index (κ3) is 3.37. The number of alkyl halides is 1. The molecule has 2 fully saturated rings. The van der Waals surface area contributed by atoms with Crippen LogP contribution >= 0.6 is 0 Å². The summed E-state index contributed by atoms with van der Waals surface area (Å²) < 4.78 is 19.8. The number of ether oxygens (including phenoxy) is 1. The fraction of sp³-hybridized carbons (Fsp3) is 0.320. The number of halogens is 1. The van der Waals surface area contributed by atoms with Gasteiger partial charge >= 0.3 is 0 Å². The topological polar surface area (TPSA) is 82.0 Å². The second kappa shape index (κ2) is 7.57. The number of aromatic amines is 1. The lowest BCUT2D eigenvalue weighted by atomic mass is 9.90. The van der Waals surface area contributed by atoms with Gasteiger partial charge in [-0.1, -0.05) is 18.2 Å². The number of aryl methyl sites for hydroxylation is 2. The summed E-state index contributed by atoms with van der Waals surface area (Å²) in [4.78, 5) is 22.4. The predicted molar refractivity (Wildman–Crippen MR) is 117 cm³/mol. The van der Waals surface area contributed by atoms with E-state index in [9.17, 15) is 9.18 Å². The van der Waals surface area contributed by atoms with Crippen molar-refractivity contribution in [1.82, 2.24) is 14.9 Å². The first-order chi connectivity index (χ1) is 15.4. The molecule has 0 bridgehead atoms. The van der Waals surface area contributed by atoms with Gasteiger partial charge in [-0.3, -0.25) is 4.79 Å². The summed E-state index contributed by atoms with van der Waals surface area (Å²) in [7, 11) is 0. The van der Waals surface area contributed by atoms with Crippen LogP contribution in [0.25, 0.3) is 11.3 Å². The average Bonchev–Trinajstić information content (AvgIpc) is 3.13. The summed E-state index contributed by atoms with van der Waals surface area (Å²) in [5.74, 6) is 0.530. The van der Waals surface area contributed by atoms with Crippen LogP contribution in [0.2, 0.25) is 0 Å². The third-order valence-electron chi connectivity index (χ3n) is 6.40. The molecular weight excluding hydrogens is 407 g/mol. The molecule has 0 atom stereocenters. The zero-order valence-corrected chi connectivity index (χ0v) is 18.0. The predicted octanol–water partition coefficient (Wildman–Crippen LogP) is 4.00. The first-order valence-electron chi connectivity index (χ1n) is 10.6. The van der Waals surface area contributed by atoms with Crippen LogP contribution in [0.4, 0.5) is 4.39 Å². The molecule has 1 N–H and O–H groups in total. The van der Waals surface area contributed by atoms with Gasteiger partial charge in [0.05, 0.1) is 36.2 Å². The number of H-pyrrole nitrogens is 1. The van der Waals surface area contributed by atoms with Crippen LogP contribution in [0.3, 0.4) is 0 Å². The molecule has 1 amide bonds. The van der Waals surface area contributed by atoms with Gasteiger partial charge in [0.15, 0.2) is 0 Å². The number of rotatable bonds is 4. The van der Waals surface area contributed by atoms with Gasteiger partial charge in [-0.2, -0.15) is 5.26 Å². The Labute approximate surface area is 185 Å². The number of carbonyl (C=O) groups excluding carboxylic acids is 1. The molecule has 32 heavy (non-hydrogen) atoms. The van der Waals surface area contributed by atoms with E-state index in [1.807, 2.05) is 61.2 Å². The number of nitrogens with zero attached hydrogens (tertiary/aromatic N) is 3. The van der Waals surface area contributed by atoms with Gasteiger partial charge in [0, 0.05) is 30.1 Å². The lowest BCUT2D eigenvalue weighted by molar-refractivity contribution is -0.139. The van der Waals surface area contributed by atoms with Gasteiger partial charge in [0.25, 0.3) is 5.91 Å². The fourth-order valence-electron chi connectivity index (χ4n) is 4.24. The Morgan fingerprint density at radius 1 is 1.22 bits per heavy atom. The SMILES string of the molecule is Cc1ccc(C(=O)N2CC(c3ccc(C#N)cc3)C2)cc1-c1[nH]c(C2(F)COC2)nc1C. The van der Waals surface area contributed by atoms with Crippen molar-refractivity contribution in [2.75, 3.05) is 26.3 Å². The number of benzene rings is 2. The fourth-order valence-corrected chi connectivity index (χ4v) is 4.24. The van der Waals surface area contributed by atoms with E-state index in [2.05, 4.69) is 16.0 Å². The van der Waals surface area contributed by atoms with Gasteiger partial charge in [-0.05, 0) is 49.2 Å². The number of imidazole rings is 1. The van der Waals surface area contributed by atoms with Crippen LogP contribution in [-0.4, -0.2) is 47.1 Å². The molecule has 2 saturated heterocycles. The van der Waals surface area contributed by atoms with Crippen LogP contribution in [-0.2, 0) is 10.4 Å². The van der Waals surface area contributed by atoms with Crippen LogP contribution < -0.4 is 0 Å². The monoisotopic (exact) mass is 430 g/mol. The van der Waals surface area contributed by atoms with Gasteiger partial charge in [-0.15, -0.1) is 0 Å². The first kappa shape index (κ1) is 20.4. The van der Waals surface area contributed by atoms with Crippen LogP contribution in [0, 0.1) is 25.2 Å². The summed E-state index contributed by atoms with van der Waals surface area (Å²) in [6.07, 6.45) is 0. The Balaban J connectivity index is 1.34. The normalized spacial score (nSPS) is 17.4. The van der Waals surface area contributed by atoms with E-state index in [4.69, 9.17) is 10.00 Å². The first-order valence-corrected chi connectivity index (χ1v) is 10.6. The molecule has 0 unspecified atom stereocenters. The van der Waals surface area contributed by atoms with Crippen molar-refractivity contribution < 1.29 is 13.9 Å². The van der Waals surface area contributed by atoms with Gasteiger partial charge < -0.3 is 14.6 Å². The highest BCUT2D eigenvalue weighted by molar-refractivity contribution is 5.96. The number of carbonyl (C=O) groups is 1. The maximum absolute atomic E-state index is 14.7. The standard InChI is InChI=1S/C25H23FN4O2/c1-15-3-6-19(9-21(15)22-16(2)28-24(29-22)25(26)13-32-14-25)23(31)30-11-20(12-30)18-7-4-17(10-27)5-8-18/h3-9,20H,11-14H2,1-2H3,(H,28,29). The molecule has 2 aliphatic heterocycles. The highest BCUT2D eigenvalue weighted by atomic mass is 19.1. The smallest absolute Gasteiger partial charge is 0.253 e. The minimum absolute atomic E-state index is 0.00622. The Bertz CT molecular complexity index is 1230. The van der Waals surface area contributed by atoms with E-state index in [1.54, 1.807) is 0 Å². The number of aromatic nitrogens is 2. The Hall–Kier alpha value is -3.50. The summed E-state index contributed by atoms with van der Waals surface area (Å²) in [6, 6.07) is 15.3. The van der Waals surface area contributed by atoms with Crippen molar-refractivity contribution in [3.8, 4) is 17.3 Å². The van der Waals surface area contributed by atoms with Crippen molar-refractivity contribution in [1.29, 1.82) is 5.26 Å². The van der Waals surface area contributed by atoms with Crippen molar-refractivity contribution in [2.45, 2.75) is 25.4 Å². The number of nitrogens with one attached hydrogen (secondary N) is 1. The van der Waals surface area contributed by atoms with Crippen LogP contribution in [0.5, 0.6) is 0 Å². The van der Waals surface area contributed by atoms with Gasteiger partial charge in [0.2, 0.25) is 5.67 Å². The summed E-state index contributed by atoms with van der Waals surface area (Å²) in [6.45, 7) is 5.10. The van der Waals surface area contributed by atoms with Crippen molar-refractivity contribution in [2.24, 2.45) is 0 Å². The van der Waals surface area contributed by atoms with Crippen LogP contribution in [0.15, 0.2) is 42.5 Å². The molecular formula is C25H23FN4O2. The zero-order chi connectivity index (χ0) is 22.5. The summed E-state index contributed by atoms with van der Waals surface area (Å²) in [5, 5.41) is 8.94. The number of amides is 1. The van der Waals surface area contributed by atoms with E-state index < -0.39 is 5.67 Å². The minimum atomic E-state index is -1.57. The molecule has 0 aliphatic carbocycles. The maximum atomic E-state index is 14.7. The molecule has 1 aromatic heterocycles. The summed E-state index contributed by atoms with van der Waals surface area (Å²) >= 11 is 0. The number of nitriles is 1. The molecule has 0 spiro atoms. The molecule has 6 nitrogen and oxygen atoms in total. The van der Waals surface area contributed by atoms with E-state index in [0.717, 1.165) is 22.4 Å². The molecule has 2 aliphatic rings. The molecule has 162 valence electrons. The molecule has 0 radical (unpaired) electrons. The lowest BCUT2D eigenvalue weighted by Gasteiger charge is -2.39. The highest BCUT2D eigenvalue weighted by Gasteiger charge is 2.44. The van der Waals surface area contributed by atoms with Gasteiger partial charge in [-0.25, -0.2) is 9.37 Å². The molecule has 3 heterocycles. The largest absolute Gasteiger partial charge is 0.374 e. The van der Waals surface area contributed by atoms with E-state index in [-0.39, 0.29) is 30.9 Å². The summed E-state index contributed by atoms with van der Waals surface area (Å²) in [5.41, 5.74) is 4.06. The Kier molecular flexibility index (Phi) is 4.83. The molecule has 7 heteroatoms. The lowest BCUT2D eigenvalue weighted by Crippen LogP contribution is -2.48. The number of likely N-dealkylation sites (tertiary alicyclic amines) is 1. The van der Waals surface area contributed by atoms with E-state index in [0.29, 0.717) is 29.9 Å². The van der Waals surface area contributed by atoms with Crippen LogP contribution in [0.1, 0.15) is 44.5 Å². The quantitative estimate of drug-likeness (QED) is 0.678. The average molecular weight is 430 g/mol. The number of hydrogen-bond donors (Lipinski definition) is 1. The zero-order valence-electron chi connectivity index (χ0n) is 18.0. The second-order valence-corrected chi connectivity index (χ2v) is 8.67. The highest BCUT2D eigenvalue weighted by Crippen LogP contribution is 2.36. The number of hydrogen-bond acceptors (Lipinski definition) is 4. The van der Waals surface area contributed by atoms with Crippen molar-refractivity contribution >= 4 is 5.91 Å². The molecule has 5 rings (SSSR count). The molecule has 2 aromatic carbocycles. The van der Waals surface area contributed by atoms with Gasteiger partial charge in [0.1, 0.15) is 5.82 Å². The molecule has 0 saturated carbocycles. The maximum Gasteiger partial charge on any atom is 0.253 e.